The van der Waals surface area contributed by atoms with Gasteiger partial charge >= 0.3 is 0 Å². The first-order chi connectivity index (χ1) is 13.7. The molecule has 0 atom stereocenters. The number of ketones is 1. The third-order valence-corrected chi connectivity index (χ3v) is 5.53. The maximum Gasteiger partial charge on any atom is 0.257 e. The first kappa shape index (κ1) is 18.7. The van der Waals surface area contributed by atoms with Crippen LogP contribution in [-0.4, -0.2) is 47.8 Å². The number of aromatic nitrogens is 1. The van der Waals surface area contributed by atoms with Crippen LogP contribution in [-0.2, 0) is 6.42 Å². The van der Waals surface area contributed by atoms with Gasteiger partial charge in [0.1, 0.15) is 12.4 Å². The fraction of sp³-hybridized carbons (Fsp3) is 0.455. The van der Waals surface area contributed by atoms with Crippen molar-refractivity contribution < 1.29 is 14.3 Å². The first-order valence-corrected chi connectivity index (χ1v) is 10.2. The molecule has 148 valence electrons. The quantitative estimate of drug-likeness (QED) is 0.749. The van der Waals surface area contributed by atoms with Gasteiger partial charge in [0.05, 0.1) is 11.1 Å². The number of hydrogen-bond donors (Lipinski definition) is 2. The molecule has 0 saturated carbocycles. The Morgan fingerprint density at radius 1 is 1.14 bits per heavy atom. The van der Waals surface area contributed by atoms with E-state index in [1.165, 1.54) is 12.8 Å². The van der Waals surface area contributed by atoms with Crippen LogP contribution in [0.4, 0.5) is 5.69 Å². The van der Waals surface area contributed by atoms with Crippen LogP contribution >= 0.6 is 0 Å². The number of nitrogens with zero attached hydrogens (tertiary/aromatic N) is 1. The lowest BCUT2D eigenvalue weighted by Crippen LogP contribution is -2.25. The third kappa shape index (κ3) is 4.28. The SMILES string of the molecule is O=C(Nc1cccc(OCCN2CCCC2)c1)c1c[nH]c2c1C(=O)CCCC2. The van der Waals surface area contributed by atoms with E-state index < -0.39 is 0 Å². The molecule has 2 heterocycles. The number of Topliss-reactive ketones (excluding diaryl/α,β-unsaturated/α-hetero) is 1. The Morgan fingerprint density at radius 3 is 2.82 bits per heavy atom. The largest absolute Gasteiger partial charge is 0.492 e. The van der Waals surface area contributed by atoms with Gasteiger partial charge in [0, 0.05) is 36.6 Å². The monoisotopic (exact) mass is 381 g/mol. The molecule has 0 radical (unpaired) electrons. The second kappa shape index (κ2) is 8.61. The van der Waals surface area contributed by atoms with Crippen LogP contribution in [0.2, 0.25) is 0 Å². The van der Waals surface area contributed by atoms with Crippen LogP contribution in [0.5, 0.6) is 5.75 Å². The number of ether oxygens (including phenoxy) is 1. The minimum atomic E-state index is -0.262. The molecule has 2 N–H and O–H groups in total. The number of likely N-dealkylation sites (tertiary alicyclic amines) is 1. The van der Waals surface area contributed by atoms with Crippen LogP contribution < -0.4 is 10.1 Å². The molecule has 28 heavy (non-hydrogen) atoms. The minimum absolute atomic E-state index is 0.0536. The molecule has 1 aromatic heterocycles. The number of rotatable bonds is 6. The van der Waals surface area contributed by atoms with Crippen molar-refractivity contribution in [2.75, 3.05) is 31.6 Å². The van der Waals surface area contributed by atoms with Gasteiger partial charge in [-0.05, 0) is 57.3 Å². The molecule has 0 unspecified atom stereocenters. The summed E-state index contributed by atoms with van der Waals surface area (Å²) in [7, 11) is 0. The maximum atomic E-state index is 12.8. The predicted octanol–water partition coefficient (Wildman–Crippen LogP) is 3.65. The van der Waals surface area contributed by atoms with E-state index in [1.54, 1.807) is 6.20 Å². The Morgan fingerprint density at radius 2 is 1.96 bits per heavy atom. The van der Waals surface area contributed by atoms with Gasteiger partial charge < -0.3 is 15.0 Å². The van der Waals surface area contributed by atoms with Crippen molar-refractivity contribution in [2.45, 2.75) is 38.5 Å². The van der Waals surface area contributed by atoms with Gasteiger partial charge in [-0.3, -0.25) is 14.5 Å². The molecule has 6 heteroatoms. The van der Waals surface area contributed by atoms with E-state index in [0.29, 0.717) is 29.8 Å². The summed E-state index contributed by atoms with van der Waals surface area (Å²) in [5.74, 6) is 0.529. The van der Waals surface area contributed by atoms with E-state index in [2.05, 4.69) is 15.2 Å². The number of fused-ring (bicyclic) bond motifs is 1. The summed E-state index contributed by atoms with van der Waals surface area (Å²) in [6.07, 6.45) is 7.36. The molecule has 1 aliphatic carbocycles. The lowest BCUT2D eigenvalue weighted by molar-refractivity contribution is 0.0965. The molecule has 1 fully saturated rings. The zero-order valence-electron chi connectivity index (χ0n) is 16.1. The summed E-state index contributed by atoms with van der Waals surface area (Å²) in [5, 5.41) is 2.91. The molecular weight excluding hydrogens is 354 g/mol. The van der Waals surface area contributed by atoms with Gasteiger partial charge in [-0.1, -0.05) is 6.07 Å². The second-order valence-corrected chi connectivity index (χ2v) is 7.57. The lowest BCUT2D eigenvalue weighted by atomic mass is 10.0. The highest BCUT2D eigenvalue weighted by molar-refractivity contribution is 6.13. The van der Waals surface area contributed by atoms with Gasteiger partial charge in [0.2, 0.25) is 0 Å². The van der Waals surface area contributed by atoms with Crippen LogP contribution in [0.3, 0.4) is 0 Å². The van der Waals surface area contributed by atoms with E-state index in [1.807, 2.05) is 24.3 Å². The van der Waals surface area contributed by atoms with E-state index in [4.69, 9.17) is 4.74 Å². The number of nitrogens with one attached hydrogen (secondary N) is 2. The zero-order chi connectivity index (χ0) is 19.3. The molecule has 1 amide bonds. The normalized spacial score (nSPS) is 17.2. The van der Waals surface area contributed by atoms with Gasteiger partial charge in [0.25, 0.3) is 5.91 Å². The maximum absolute atomic E-state index is 12.8. The van der Waals surface area contributed by atoms with Crippen molar-refractivity contribution in [1.82, 2.24) is 9.88 Å². The topological polar surface area (TPSA) is 74.4 Å². The molecule has 1 aliphatic heterocycles. The van der Waals surface area contributed by atoms with Gasteiger partial charge in [-0.25, -0.2) is 0 Å². The van der Waals surface area contributed by atoms with Crippen LogP contribution in [0.15, 0.2) is 30.5 Å². The van der Waals surface area contributed by atoms with Gasteiger partial charge in [0.15, 0.2) is 5.78 Å². The van der Waals surface area contributed by atoms with Crippen molar-refractivity contribution in [3.8, 4) is 5.75 Å². The number of benzene rings is 1. The van der Waals surface area contributed by atoms with Crippen LogP contribution in [0.1, 0.15) is 58.5 Å². The highest BCUT2D eigenvalue weighted by Gasteiger charge is 2.24. The number of carbonyl (C=O) groups excluding carboxylic acids is 2. The molecule has 0 bridgehead atoms. The Kier molecular flexibility index (Phi) is 5.76. The van der Waals surface area contributed by atoms with Crippen molar-refractivity contribution in [3.05, 3.63) is 47.3 Å². The Balaban J connectivity index is 1.39. The Labute approximate surface area is 165 Å². The summed E-state index contributed by atoms with van der Waals surface area (Å²) in [5.41, 5.74) is 2.54. The highest BCUT2D eigenvalue weighted by atomic mass is 16.5. The van der Waals surface area contributed by atoms with Gasteiger partial charge in [-0.2, -0.15) is 0 Å². The zero-order valence-corrected chi connectivity index (χ0v) is 16.1. The van der Waals surface area contributed by atoms with Crippen LogP contribution in [0.25, 0.3) is 0 Å². The van der Waals surface area contributed by atoms with Crippen molar-refractivity contribution in [2.24, 2.45) is 0 Å². The average Bonchev–Trinajstić information content (AvgIpc) is 3.32. The number of aromatic amines is 1. The van der Waals surface area contributed by atoms with Gasteiger partial charge in [-0.15, -0.1) is 0 Å². The number of anilines is 1. The summed E-state index contributed by atoms with van der Waals surface area (Å²) >= 11 is 0. The molecule has 2 aliphatic rings. The number of H-pyrrole nitrogens is 1. The molecule has 6 nitrogen and oxygen atoms in total. The number of carbonyl (C=O) groups is 2. The first-order valence-electron chi connectivity index (χ1n) is 10.2. The predicted molar refractivity (Wildman–Crippen MR) is 108 cm³/mol. The molecule has 0 spiro atoms. The van der Waals surface area contributed by atoms with E-state index in [9.17, 15) is 9.59 Å². The van der Waals surface area contributed by atoms with Crippen LogP contribution in [0, 0.1) is 0 Å². The van der Waals surface area contributed by atoms with Crippen molar-refractivity contribution in [1.29, 1.82) is 0 Å². The molecule has 1 aromatic carbocycles. The summed E-state index contributed by atoms with van der Waals surface area (Å²) in [6, 6.07) is 7.42. The lowest BCUT2D eigenvalue weighted by Gasteiger charge is -2.15. The molecular formula is C22H27N3O3. The molecule has 1 saturated heterocycles. The van der Waals surface area contributed by atoms with Crippen molar-refractivity contribution in [3.63, 3.8) is 0 Å². The fourth-order valence-corrected chi connectivity index (χ4v) is 4.03. The fourth-order valence-electron chi connectivity index (χ4n) is 4.03. The summed E-state index contributed by atoms with van der Waals surface area (Å²) in [6.45, 7) is 3.86. The Bertz CT molecular complexity index is 852. The average molecular weight is 381 g/mol. The minimum Gasteiger partial charge on any atom is -0.492 e. The number of hydrogen-bond acceptors (Lipinski definition) is 4. The van der Waals surface area contributed by atoms with E-state index in [-0.39, 0.29) is 11.7 Å². The Hall–Kier alpha value is -2.60. The van der Waals surface area contributed by atoms with E-state index >= 15 is 0 Å². The molecule has 2 aromatic rings. The third-order valence-electron chi connectivity index (χ3n) is 5.53. The number of aryl methyl sites for hydroxylation is 1. The highest BCUT2D eigenvalue weighted by Crippen LogP contribution is 2.25. The van der Waals surface area contributed by atoms with E-state index in [0.717, 1.165) is 50.3 Å². The standard InChI is InChI=1S/C22H27N3O3/c26-20-9-2-1-8-19-21(20)18(15-23-19)22(27)24-16-6-5-7-17(14-16)28-13-12-25-10-3-4-11-25/h5-7,14-15,23H,1-4,8-13H2,(H,24,27). The molecule has 4 rings (SSSR count). The summed E-state index contributed by atoms with van der Waals surface area (Å²) in [4.78, 5) is 30.7. The number of amides is 1. The summed E-state index contributed by atoms with van der Waals surface area (Å²) < 4.78 is 5.85. The smallest absolute Gasteiger partial charge is 0.257 e. The second-order valence-electron chi connectivity index (χ2n) is 7.57. The van der Waals surface area contributed by atoms with Crippen molar-refractivity contribution >= 4 is 17.4 Å².